The second kappa shape index (κ2) is 6.31. The van der Waals surface area contributed by atoms with E-state index in [4.69, 9.17) is 0 Å². The maximum atomic E-state index is 9.82. The van der Waals surface area contributed by atoms with Crippen molar-refractivity contribution in [2.75, 3.05) is 18.5 Å². The highest BCUT2D eigenvalue weighted by Gasteiger charge is 2.31. The zero-order valence-electron chi connectivity index (χ0n) is 12.3. The molecule has 2 aromatic rings. The first kappa shape index (κ1) is 14.1. The van der Waals surface area contributed by atoms with E-state index in [1.165, 1.54) is 19.3 Å². The van der Waals surface area contributed by atoms with Gasteiger partial charge in [-0.3, -0.25) is 0 Å². The quantitative estimate of drug-likeness (QED) is 0.886. The summed E-state index contributed by atoms with van der Waals surface area (Å²) < 4.78 is 1.87. The number of nitrogens with zero attached hydrogens (tertiary/aromatic N) is 2. The first-order chi connectivity index (χ1) is 10.3. The molecule has 1 fully saturated rings. The number of aliphatic hydroxyl groups is 1. The fourth-order valence-corrected chi connectivity index (χ4v) is 3.21. The minimum Gasteiger partial charge on any atom is -0.396 e. The molecule has 1 heterocycles. The molecule has 21 heavy (non-hydrogen) atoms. The summed E-state index contributed by atoms with van der Waals surface area (Å²) in [6, 6.07) is 10.1. The molecule has 0 spiro atoms. The van der Waals surface area contributed by atoms with E-state index in [0.717, 1.165) is 30.8 Å². The summed E-state index contributed by atoms with van der Waals surface area (Å²) in [5.41, 5.74) is 2.15. The van der Waals surface area contributed by atoms with E-state index < -0.39 is 0 Å². The maximum Gasteiger partial charge on any atom is 0.0876 e. The van der Waals surface area contributed by atoms with Gasteiger partial charge in [-0.2, -0.15) is 5.10 Å². The zero-order chi connectivity index (χ0) is 14.5. The first-order valence-corrected chi connectivity index (χ1v) is 7.77. The van der Waals surface area contributed by atoms with Crippen LogP contribution < -0.4 is 5.32 Å². The third-order valence-electron chi connectivity index (χ3n) is 4.56. The van der Waals surface area contributed by atoms with Gasteiger partial charge in [0.05, 0.1) is 18.0 Å². The normalized spacial score (nSPS) is 17.6. The van der Waals surface area contributed by atoms with Gasteiger partial charge >= 0.3 is 0 Å². The van der Waals surface area contributed by atoms with Crippen molar-refractivity contribution in [3.63, 3.8) is 0 Å². The molecule has 0 bridgehead atoms. The summed E-state index contributed by atoms with van der Waals surface area (Å²) in [4.78, 5) is 0. The van der Waals surface area contributed by atoms with Crippen molar-refractivity contribution < 1.29 is 5.11 Å². The number of nitrogens with one attached hydrogen (secondary N) is 1. The Balaban J connectivity index is 1.76. The Bertz CT molecular complexity index is 559. The molecule has 1 saturated carbocycles. The molecule has 2 N–H and O–H groups in total. The van der Waals surface area contributed by atoms with Crippen LogP contribution in [0.25, 0.3) is 5.69 Å². The number of aliphatic hydroxyl groups excluding tert-OH is 1. The Labute approximate surface area is 125 Å². The molecule has 0 saturated heterocycles. The van der Waals surface area contributed by atoms with Crippen molar-refractivity contribution in [1.82, 2.24) is 9.78 Å². The number of anilines is 1. The molecule has 0 aliphatic heterocycles. The second-order valence-electron chi connectivity index (χ2n) is 6.04. The van der Waals surface area contributed by atoms with E-state index in [0.29, 0.717) is 0 Å². The summed E-state index contributed by atoms with van der Waals surface area (Å²) in [5.74, 6) is 0. The predicted molar refractivity (Wildman–Crippen MR) is 84.7 cm³/mol. The summed E-state index contributed by atoms with van der Waals surface area (Å²) in [7, 11) is 0. The molecular weight excluding hydrogens is 262 g/mol. The molecule has 0 atom stereocenters. The summed E-state index contributed by atoms with van der Waals surface area (Å²) >= 11 is 0. The van der Waals surface area contributed by atoms with Gasteiger partial charge < -0.3 is 10.4 Å². The Kier molecular flexibility index (Phi) is 4.25. The number of para-hydroxylation sites is 2. The van der Waals surface area contributed by atoms with Gasteiger partial charge in [-0.1, -0.05) is 31.4 Å². The van der Waals surface area contributed by atoms with Crippen molar-refractivity contribution in [2.24, 2.45) is 5.41 Å². The molecule has 112 valence electrons. The lowest BCUT2D eigenvalue weighted by Crippen LogP contribution is -2.35. The van der Waals surface area contributed by atoms with Gasteiger partial charge in [0.15, 0.2) is 0 Å². The minimum absolute atomic E-state index is 0.0372. The van der Waals surface area contributed by atoms with E-state index in [2.05, 4.69) is 22.5 Å². The monoisotopic (exact) mass is 285 g/mol. The Hall–Kier alpha value is -1.81. The number of rotatable bonds is 5. The van der Waals surface area contributed by atoms with Crippen molar-refractivity contribution in [3.05, 3.63) is 42.7 Å². The highest BCUT2D eigenvalue weighted by atomic mass is 16.3. The molecule has 1 aromatic carbocycles. The third-order valence-corrected chi connectivity index (χ3v) is 4.56. The van der Waals surface area contributed by atoms with Crippen molar-refractivity contribution in [2.45, 2.75) is 32.1 Å². The molecule has 0 radical (unpaired) electrons. The van der Waals surface area contributed by atoms with Crippen LogP contribution in [0.2, 0.25) is 0 Å². The highest BCUT2D eigenvalue weighted by Crippen LogP contribution is 2.36. The van der Waals surface area contributed by atoms with Gasteiger partial charge in [-0.05, 0) is 31.0 Å². The first-order valence-electron chi connectivity index (χ1n) is 7.77. The molecule has 3 rings (SSSR count). The molecule has 4 nitrogen and oxygen atoms in total. The van der Waals surface area contributed by atoms with Crippen molar-refractivity contribution in [3.8, 4) is 5.69 Å². The fraction of sp³-hybridized carbons (Fsp3) is 0.471. The average molecular weight is 285 g/mol. The molecule has 1 aliphatic carbocycles. The topological polar surface area (TPSA) is 50.1 Å². The molecule has 1 aromatic heterocycles. The largest absolute Gasteiger partial charge is 0.396 e. The maximum absolute atomic E-state index is 9.82. The van der Waals surface area contributed by atoms with Crippen LogP contribution in [-0.4, -0.2) is 28.0 Å². The number of benzene rings is 1. The van der Waals surface area contributed by atoms with E-state index in [1.54, 1.807) is 6.20 Å². The van der Waals surface area contributed by atoms with Crippen LogP contribution >= 0.6 is 0 Å². The highest BCUT2D eigenvalue weighted by molar-refractivity contribution is 5.60. The third kappa shape index (κ3) is 3.10. The van der Waals surface area contributed by atoms with Gasteiger partial charge in [0.25, 0.3) is 0 Å². The lowest BCUT2D eigenvalue weighted by molar-refractivity contribution is 0.0944. The van der Waals surface area contributed by atoms with E-state index >= 15 is 0 Å². The molecule has 1 aliphatic rings. The van der Waals surface area contributed by atoms with Crippen molar-refractivity contribution >= 4 is 5.69 Å². The number of aromatic nitrogens is 2. The fourth-order valence-electron chi connectivity index (χ4n) is 3.21. The molecular formula is C17H23N3O. The van der Waals surface area contributed by atoms with E-state index in [9.17, 15) is 5.11 Å². The molecule has 4 heteroatoms. The van der Waals surface area contributed by atoms with Gasteiger partial charge in [-0.25, -0.2) is 4.68 Å². The van der Waals surface area contributed by atoms with Crippen molar-refractivity contribution in [1.29, 1.82) is 0 Å². The average Bonchev–Trinajstić information content (AvgIpc) is 3.08. The van der Waals surface area contributed by atoms with Gasteiger partial charge in [0.2, 0.25) is 0 Å². The second-order valence-corrected chi connectivity index (χ2v) is 6.04. The SMILES string of the molecule is OCC1(CNc2ccccc2-n2cccn2)CCCCC1. The minimum atomic E-state index is 0.0372. The number of hydrogen-bond donors (Lipinski definition) is 2. The lowest BCUT2D eigenvalue weighted by Gasteiger charge is -2.36. The molecule has 0 amide bonds. The smallest absolute Gasteiger partial charge is 0.0876 e. The Morgan fingerprint density at radius 2 is 1.95 bits per heavy atom. The summed E-state index contributed by atoms with van der Waals surface area (Å²) in [6.07, 6.45) is 9.70. The van der Waals surface area contributed by atoms with Crippen LogP contribution in [0, 0.1) is 5.41 Å². The Morgan fingerprint density at radius 3 is 2.67 bits per heavy atom. The van der Waals surface area contributed by atoms with Gasteiger partial charge in [-0.15, -0.1) is 0 Å². The van der Waals surface area contributed by atoms with Crippen LogP contribution in [0.3, 0.4) is 0 Å². The summed E-state index contributed by atoms with van der Waals surface area (Å²) in [5, 5.41) is 17.7. The van der Waals surface area contributed by atoms with Gasteiger partial charge in [0.1, 0.15) is 0 Å². The van der Waals surface area contributed by atoms with E-state index in [1.807, 2.05) is 29.1 Å². The van der Waals surface area contributed by atoms with Crippen LogP contribution in [0.4, 0.5) is 5.69 Å². The summed E-state index contributed by atoms with van der Waals surface area (Å²) in [6.45, 7) is 1.09. The predicted octanol–water partition coefficient (Wildman–Crippen LogP) is 3.23. The van der Waals surface area contributed by atoms with Crippen LogP contribution in [-0.2, 0) is 0 Å². The lowest BCUT2D eigenvalue weighted by atomic mass is 9.74. The van der Waals surface area contributed by atoms with Crippen LogP contribution in [0.15, 0.2) is 42.7 Å². The number of hydrogen-bond acceptors (Lipinski definition) is 3. The van der Waals surface area contributed by atoms with Crippen LogP contribution in [0.1, 0.15) is 32.1 Å². The van der Waals surface area contributed by atoms with E-state index in [-0.39, 0.29) is 12.0 Å². The standard InChI is InChI=1S/C17H23N3O/c21-14-17(9-4-1-5-10-17)13-18-15-7-2-3-8-16(15)20-12-6-11-19-20/h2-3,6-8,11-12,18,21H,1,4-5,9-10,13-14H2. The van der Waals surface area contributed by atoms with Crippen LogP contribution in [0.5, 0.6) is 0 Å². The Morgan fingerprint density at radius 1 is 1.14 bits per heavy atom. The van der Waals surface area contributed by atoms with Gasteiger partial charge in [0, 0.05) is 24.4 Å². The molecule has 0 unspecified atom stereocenters. The zero-order valence-corrected chi connectivity index (χ0v) is 12.3.